The van der Waals surface area contributed by atoms with Crippen molar-refractivity contribution < 1.29 is 31.1 Å². The van der Waals surface area contributed by atoms with Crippen molar-refractivity contribution in [1.29, 1.82) is 0 Å². The summed E-state index contributed by atoms with van der Waals surface area (Å²) in [6.07, 6.45) is 1.53. The molecule has 0 radical (unpaired) electrons. The first-order valence-electron chi connectivity index (χ1n) is 15.4. The summed E-state index contributed by atoms with van der Waals surface area (Å²) in [5.41, 5.74) is 7.68. The van der Waals surface area contributed by atoms with Crippen molar-refractivity contribution in [3.05, 3.63) is 101 Å². The standard InChI is InChI=1S/C34H40F3N3O4S/c1-22-20-39-21-28(40(22)45(42,43)29-7-3-2-4-8-29)10-11-30-24(6-5-9-31(30)37)18-32(41)34(38)33(23-12-14-44-15-13-23)25-16-26(35)19-27(36)17-25/h2-9,16-17,19,22-23,28,33-34,39H,10-15,18,20-21,38H2,1H3/t22-,28-,33+,34+/m0/s1. The SMILES string of the molecule is C[C@H]1CNC[C@H](CCc2c(F)cccc2CC(=O)[C@@H](N)[C@@H](c2cc(F)cc(F)c2)C2CCOCC2)N1S(=O)(=O)c1ccccc1. The van der Waals surface area contributed by atoms with Crippen LogP contribution in [0.2, 0.25) is 0 Å². The number of hydrogen-bond donors (Lipinski definition) is 2. The minimum absolute atomic E-state index is 0.121. The molecule has 2 saturated heterocycles. The maximum absolute atomic E-state index is 15.3. The van der Waals surface area contributed by atoms with Gasteiger partial charge in [0.1, 0.15) is 17.5 Å². The Morgan fingerprint density at radius 3 is 2.38 bits per heavy atom. The highest BCUT2D eigenvalue weighted by molar-refractivity contribution is 7.89. The van der Waals surface area contributed by atoms with E-state index >= 15 is 4.39 Å². The molecule has 2 fully saturated rings. The summed E-state index contributed by atoms with van der Waals surface area (Å²) in [5.74, 6) is -3.12. The Morgan fingerprint density at radius 2 is 1.69 bits per heavy atom. The zero-order valence-electron chi connectivity index (χ0n) is 25.3. The number of sulfonamides is 1. The van der Waals surface area contributed by atoms with Crippen molar-refractivity contribution in [2.75, 3.05) is 26.3 Å². The minimum Gasteiger partial charge on any atom is -0.381 e. The Balaban J connectivity index is 1.37. The molecule has 2 aliphatic rings. The minimum atomic E-state index is -3.80. The maximum Gasteiger partial charge on any atom is 0.243 e. The van der Waals surface area contributed by atoms with Gasteiger partial charge in [-0.1, -0.05) is 30.3 Å². The van der Waals surface area contributed by atoms with Crippen molar-refractivity contribution >= 4 is 15.8 Å². The summed E-state index contributed by atoms with van der Waals surface area (Å²) < 4.78 is 78.1. The van der Waals surface area contributed by atoms with Gasteiger partial charge in [0.2, 0.25) is 10.0 Å². The topological polar surface area (TPSA) is 102 Å². The van der Waals surface area contributed by atoms with Gasteiger partial charge in [-0.05, 0) is 85.5 Å². The number of halogens is 3. The van der Waals surface area contributed by atoms with Gasteiger partial charge in [0.15, 0.2) is 5.78 Å². The Hall–Kier alpha value is -3.09. The molecule has 3 N–H and O–H groups in total. The van der Waals surface area contributed by atoms with Crippen LogP contribution in [0.1, 0.15) is 48.8 Å². The van der Waals surface area contributed by atoms with Crippen molar-refractivity contribution in [2.45, 2.75) is 68.0 Å². The molecule has 0 spiro atoms. The molecule has 2 aliphatic heterocycles. The van der Waals surface area contributed by atoms with E-state index in [4.69, 9.17) is 10.5 Å². The Labute approximate surface area is 263 Å². The number of nitrogens with one attached hydrogen (secondary N) is 1. The number of carbonyl (C=O) groups excluding carboxylic acids is 1. The lowest BCUT2D eigenvalue weighted by Crippen LogP contribution is -2.58. The Morgan fingerprint density at radius 1 is 1.00 bits per heavy atom. The number of nitrogens with zero attached hydrogens (tertiary/aromatic N) is 1. The Bertz CT molecular complexity index is 1560. The fourth-order valence-electron chi connectivity index (χ4n) is 6.86. The van der Waals surface area contributed by atoms with Crippen LogP contribution in [0.25, 0.3) is 0 Å². The molecule has 0 aromatic heterocycles. The van der Waals surface area contributed by atoms with E-state index in [-0.39, 0.29) is 35.5 Å². The fraction of sp³-hybridized carbons (Fsp3) is 0.441. The highest BCUT2D eigenvalue weighted by Gasteiger charge is 2.38. The normalized spacial score (nSPS) is 21.4. The van der Waals surface area contributed by atoms with E-state index in [2.05, 4.69) is 5.32 Å². The quantitative estimate of drug-likeness (QED) is 0.313. The molecule has 4 atom stereocenters. The van der Waals surface area contributed by atoms with Crippen LogP contribution in [0.15, 0.2) is 71.6 Å². The summed E-state index contributed by atoms with van der Waals surface area (Å²) in [4.78, 5) is 13.9. The Kier molecular flexibility index (Phi) is 10.8. The monoisotopic (exact) mass is 643 g/mol. The summed E-state index contributed by atoms with van der Waals surface area (Å²) in [6, 6.07) is 14.2. The lowest BCUT2D eigenvalue weighted by Gasteiger charge is -2.40. The zero-order chi connectivity index (χ0) is 32.1. The van der Waals surface area contributed by atoms with E-state index in [1.54, 1.807) is 36.4 Å². The second kappa shape index (κ2) is 14.6. The van der Waals surface area contributed by atoms with Crippen LogP contribution in [-0.2, 0) is 32.4 Å². The van der Waals surface area contributed by atoms with E-state index < -0.39 is 45.5 Å². The zero-order valence-corrected chi connectivity index (χ0v) is 26.1. The van der Waals surface area contributed by atoms with Crippen LogP contribution in [0.3, 0.4) is 0 Å². The number of hydrogen-bond acceptors (Lipinski definition) is 6. The van der Waals surface area contributed by atoms with Crippen LogP contribution >= 0.6 is 0 Å². The number of ether oxygens (including phenoxy) is 1. The third-order valence-electron chi connectivity index (χ3n) is 9.04. The summed E-state index contributed by atoms with van der Waals surface area (Å²) >= 11 is 0. The van der Waals surface area contributed by atoms with Gasteiger partial charge in [-0.25, -0.2) is 21.6 Å². The van der Waals surface area contributed by atoms with Crippen LogP contribution in [0.4, 0.5) is 13.2 Å². The first kappa shape index (κ1) is 33.3. The number of rotatable bonds is 11. The molecule has 7 nitrogen and oxygen atoms in total. The molecular weight excluding hydrogens is 603 g/mol. The summed E-state index contributed by atoms with van der Waals surface area (Å²) in [6.45, 7) is 3.65. The molecule has 45 heavy (non-hydrogen) atoms. The lowest BCUT2D eigenvalue weighted by molar-refractivity contribution is -0.120. The molecule has 2 heterocycles. The number of piperazine rings is 1. The van der Waals surface area contributed by atoms with E-state index in [1.165, 1.54) is 28.6 Å². The van der Waals surface area contributed by atoms with E-state index in [0.717, 1.165) is 6.07 Å². The molecule has 3 aromatic rings. The lowest BCUT2D eigenvalue weighted by atomic mass is 9.75. The number of Topliss-reactive ketones (excluding diaryl/α,β-unsaturated/α-hetero) is 1. The number of ketones is 1. The van der Waals surface area contributed by atoms with Crippen molar-refractivity contribution in [3.63, 3.8) is 0 Å². The largest absolute Gasteiger partial charge is 0.381 e. The van der Waals surface area contributed by atoms with Crippen LogP contribution < -0.4 is 11.1 Å². The molecule has 0 amide bonds. The van der Waals surface area contributed by atoms with E-state index in [9.17, 15) is 22.0 Å². The molecule has 0 saturated carbocycles. The highest BCUT2D eigenvalue weighted by Crippen LogP contribution is 2.36. The van der Waals surface area contributed by atoms with E-state index in [0.29, 0.717) is 62.3 Å². The highest BCUT2D eigenvalue weighted by atomic mass is 32.2. The fourth-order valence-corrected chi connectivity index (χ4v) is 8.72. The van der Waals surface area contributed by atoms with Gasteiger partial charge in [-0.2, -0.15) is 4.31 Å². The van der Waals surface area contributed by atoms with E-state index in [1.807, 2.05) is 6.92 Å². The molecule has 0 bridgehead atoms. The first-order valence-corrected chi connectivity index (χ1v) is 16.9. The van der Waals surface area contributed by atoms with Gasteiger partial charge < -0.3 is 15.8 Å². The molecule has 3 aromatic carbocycles. The van der Waals surface area contributed by atoms with Crippen molar-refractivity contribution in [2.24, 2.45) is 11.7 Å². The van der Waals surface area contributed by atoms with Gasteiger partial charge >= 0.3 is 0 Å². The van der Waals surface area contributed by atoms with Gasteiger partial charge in [-0.15, -0.1) is 0 Å². The summed E-state index contributed by atoms with van der Waals surface area (Å²) in [5, 5.41) is 3.29. The van der Waals surface area contributed by atoms with Crippen LogP contribution in [0.5, 0.6) is 0 Å². The van der Waals surface area contributed by atoms with Crippen molar-refractivity contribution in [3.8, 4) is 0 Å². The second-order valence-electron chi connectivity index (χ2n) is 12.1. The average molecular weight is 644 g/mol. The summed E-state index contributed by atoms with van der Waals surface area (Å²) in [7, 11) is -3.80. The number of carbonyl (C=O) groups is 1. The predicted octanol–water partition coefficient (Wildman–Crippen LogP) is 4.74. The smallest absolute Gasteiger partial charge is 0.243 e. The van der Waals surface area contributed by atoms with Gasteiger partial charge in [0, 0.05) is 56.8 Å². The molecule has 0 aliphatic carbocycles. The molecule has 0 unspecified atom stereocenters. The predicted molar refractivity (Wildman–Crippen MR) is 166 cm³/mol. The van der Waals surface area contributed by atoms with Gasteiger partial charge in [-0.3, -0.25) is 4.79 Å². The third kappa shape index (κ3) is 7.66. The molecule has 242 valence electrons. The van der Waals surface area contributed by atoms with Gasteiger partial charge in [0.05, 0.1) is 10.9 Å². The number of benzene rings is 3. The molecule has 11 heteroatoms. The van der Waals surface area contributed by atoms with Crippen molar-refractivity contribution in [1.82, 2.24) is 9.62 Å². The molecular formula is C34H40F3N3O4S. The van der Waals surface area contributed by atoms with Crippen LogP contribution in [0, 0.1) is 23.4 Å². The maximum atomic E-state index is 15.3. The number of nitrogens with two attached hydrogens (primary N) is 1. The first-order chi connectivity index (χ1) is 21.6. The van der Waals surface area contributed by atoms with Gasteiger partial charge in [0.25, 0.3) is 0 Å². The average Bonchev–Trinajstić information content (AvgIpc) is 3.01. The second-order valence-corrected chi connectivity index (χ2v) is 13.9. The third-order valence-corrected chi connectivity index (χ3v) is 11.1. The van der Waals surface area contributed by atoms with Crippen LogP contribution in [-0.4, -0.2) is 62.9 Å². The molecule has 5 rings (SSSR count).